The first-order chi connectivity index (χ1) is 6.27. The molecule has 2 bridgehead atoms. The average Bonchev–Trinajstić information content (AvgIpc) is 2.47. The summed E-state index contributed by atoms with van der Waals surface area (Å²) in [5.41, 5.74) is 0. The van der Waals surface area contributed by atoms with Gasteiger partial charge in [-0.05, 0) is 19.8 Å². The van der Waals surface area contributed by atoms with E-state index in [-0.39, 0.29) is 12.2 Å². The van der Waals surface area contributed by atoms with Crippen LogP contribution in [-0.2, 0) is 4.74 Å². The van der Waals surface area contributed by atoms with Gasteiger partial charge in [-0.15, -0.1) is 0 Å². The largest absolute Gasteiger partial charge is 0.444 e. The first-order valence-corrected chi connectivity index (χ1v) is 4.94. The van der Waals surface area contributed by atoms with Crippen molar-refractivity contribution in [2.75, 3.05) is 0 Å². The van der Waals surface area contributed by atoms with Gasteiger partial charge in [-0.1, -0.05) is 12.2 Å². The van der Waals surface area contributed by atoms with Crippen molar-refractivity contribution < 1.29 is 9.53 Å². The van der Waals surface area contributed by atoms with E-state index in [9.17, 15) is 4.79 Å². The second-order valence-corrected chi connectivity index (χ2v) is 4.18. The van der Waals surface area contributed by atoms with Crippen molar-refractivity contribution in [3.8, 4) is 0 Å². The van der Waals surface area contributed by atoms with Crippen molar-refractivity contribution in [2.24, 2.45) is 5.92 Å². The molecular formula is C10H13NO2. The zero-order chi connectivity index (χ0) is 9.00. The molecule has 1 amide bonds. The lowest BCUT2D eigenvalue weighted by Gasteiger charge is -2.43. The molecule has 3 heterocycles. The van der Waals surface area contributed by atoms with E-state index in [0.717, 1.165) is 6.42 Å². The number of carbonyl (C=O) groups excluding carboxylic acids is 1. The molecule has 0 aromatic rings. The van der Waals surface area contributed by atoms with Gasteiger partial charge >= 0.3 is 6.09 Å². The first kappa shape index (κ1) is 7.42. The number of cyclic esters (lactones) is 1. The number of fused-ring (bicyclic) bond motifs is 1. The highest BCUT2D eigenvalue weighted by atomic mass is 16.6. The molecule has 0 aromatic carbocycles. The van der Waals surface area contributed by atoms with Gasteiger partial charge in [0.05, 0.1) is 12.1 Å². The molecule has 4 aliphatic rings. The van der Waals surface area contributed by atoms with Gasteiger partial charge in [-0.2, -0.15) is 0 Å². The van der Waals surface area contributed by atoms with Gasteiger partial charge in [0.15, 0.2) is 0 Å². The van der Waals surface area contributed by atoms with Crippen LogP contribution in [0.15, 0.2) is 12.2 Å². The van der Waals surface area contributed by atoms with Gasteiger partial charge < -0.3 is 4.74 Å². The van der Waals surface area contributed by atoms with Crippen LogP contribution in [0.4, 0.5) is 4.79 Å². The third-order valence-electron chi connectivity index (χ3n) is 3.47. The average molecular weight is 179 g/mol. The molecule has 0 aromatic heterocycles. The minimum atomic E-state index is -0.114. The minimum absolute atomic E-state index is 0.0743. The Hall–Kier alpha value is -0.990. The van der Waals surface area contributed by atoms with Gasteiger partial charge in [-0.25, -0.2) is 4.79 Å². The molecule has 2 saturated heterocycles. The number of hydrogen-bond acceptors (Lipinski definition) is 2. The maximum atomic E-state index is 11.5. The zero-order valence-corrected chi connectivity index (χ0v) is 7.64. The van der Waals surface area contributed by atoms with Crippen LogP contribution in [0.5, 0.6) is 0 Å². The predicted octanol–water partition coefficient (Wildman–Crippen LogP) is 1.54. The van der Waals surface area contributed by atoms with Crippen molar-refractivity contribution in [1.82, 2.24) is 4.90 Å². The summed E-state index contributed by atoms with van der Waals surface area (Å²) in [5, 5.41) is 0. The van der Waals surface area contributed by atoms with Crippen LogP contribution in [0.2, 0.25) is 0 Å². The minimum Gasteiger partial charge on any atom is -0.444 e. The fourth-order valence-corrected chi connectivity index (χ4v) is 2.89. The van der Waals surface area contributed by atoms with Gasteiger partial charge in [0.25, 0.3) is 0 Å². The Balaban J connectivity index is 2.02. The number of piperidine rings is 1. The van der Waals surface area contributed by atoms with E-state index in [1.54, 1.807) is 0 Å². The Morgan fingerprint density at radius 2 is 2.31 bits per heavy atom. The summed E-state index contributed by atoms with van der Waals surface area (Å²) in [6.07, 6.45) is 6.70. The molecule has 1 unspecified atom stereocenters. The van der Waals surface area contributed by atoms with E-state index < -0.39 is 0 Å². The van der Waals surface area contributed by atoms with Crippen molar-refractivity contribution in [3.05, 3.63) is 12.2 Å². The zero-order valence-electron chi connectivity index (χ0n) is 7.64. The van der Waals surface area contributed by atoms with E-state index in [1.807, 2.05) is 11.8 Å². The summed E-state index contributed by atoms with van der Waals surface area (Å²) >= 11 is 0. The Labute approximate surface area is 77.4 Å². The van der Waals surface area contributed by atoms with Crippen LogP contribution < -0.4 is 0 Å². The number of amides is 1. The summed E-state index contributed by atoms with van der Waals surface area (Å²) in [6.45, 7) is 2.00. The van der Waals surface area contributed by atoms with Crippen LogP contribution in [0.25, 0.3) is 0 Å². The second-order valence-electron chi connectivity index (χ2n) is 4.18. The van der Waals surface area contributed by atoms with Crippen LogP contribution >= 0.6 is 0 Å². The molecule has 3 nitrogen and oxygen atoms in total. The number of hydrogen-bond donors (Lipinski definition) is 0. The molecule has 0 radical (unpaired) electrons. The summed E-state index contributed by atoms with van der Waals surface area (Å²) in [7, 11) is 0. The van der Waals surface area contributed by atoms with Crippen LogP contribution in [0.3, 0.4) is 0 Å². The molecule has 70 valence electrons. The Kier molecular flexibility index (Phi) is 1.30. The molecule has 13 heavy (non-hydrogen) atoms. The summed E-state index contributed by atoms with van der Waals surface area (Å²) in [4.78, 5) is 13.4. The SMILES string of the molecule is C[C@H]1OC(=O)N2C3C=C[C@H](CC3)[C@H]12. The molecule has 1 aliphatic carbocycles. The predicted molar refractivity (Wildman–Crippen MR) is 47.2 cm³/mol. The van der Waals surface area contributed by atoms with Crippen LogP contribution in [0, 0.1) is 5.92 Å². The fraction of sp³-hybridized carbons (Fsp3) is 0.700. The number of nitrogens with zero attached hydrogens (tertiary/aromatic N) is 1. The summed E-state index contributed by atoms with van der Waals surface area (Å²) in [5.74, 6) is 0.534. The number of ether oxygens (including phenoxy) is 1. The first-order valence-electron chi connectivity index (χ1n) is 4.94. The number of carbonyl (C=O) groups is 1. The third kappa shape index (κ3) is 0.820. The Morgan fingerprint density at radius 1 is 1.46 bits per heavy atom. The normalized spacial score (nSPS) is 46.5. The lowest BCUT2D eigenvalue weighted by Crippen LogP contribution is -2.52. The van der Waals surface area contributed by atoms with Crippen molar-refractivity contribution in [1.29, 1.82) is 0 Å². The highest BCUT2D eigenvalue weighted by Gasteiger charge is 2.50. The molecule has 4 atom stereocenters. The van der Waals surface area contributed by atoms with Gasteiger partial charge in [-0.3, -0.25) is 4.90 Å². The molecule has 3 aliphatic heterocycles. The fourth-order valence-electron chi connectivity index (χ4n) is 2.89. The quantitative estimate of drug-likeness (QED) is 0.528. The lowest BCUT2D eigenvalue weighted by atomic mass is 9.79. The van der Waals surface area contributed by atoms with Crippen LogP contribution in [-0.4, -0.2) is 29.2 Å². The Morgan fingerprint density at radius 3 is 2.92 bits per heavy atom. The van der Waals surface area contributed by atoms with Crippen LogP contribution in [0.1, 0.15) is 19.8 Å². The molecule has 2 fully saturated rings. The highest BCUT2D eigenvalue weighted by molar-refractivity contribution is 5.72. The number of rotatable bonds is 0. The van der Waals surface area contributed by atoms with E-state index >= 15 is 0 Å². The molecule has 0 saturated carbocycles. The van der Waals surface area contributed by atoms with E-state index in [2.05, 4.69) is 12.2 Å². The topological polar surface area (TPSA) is 29.5 Å². The van der Waals surface area contributed by atoms with E-state index in [4.69, 9.17) is 4.74 Å². The van der Waals surface area contributed by atoms with E-state index in [0.29, 0.717) is 18.0 Å². The van der Waals surface area contributed by atoms with E-state index in [1.165, 1.54) is 6.42 Å². The smallest absolute Gasteiger partial charge is 0.411 e. The molecule has 0 spiro atoms. The Bertz CT molecular complexity index is 287. The standard InChI is InChI=1S/C10H13NO2/c1-6-9-7-2-4-8(5-3-7)11(9)10(12)13-6/h2,4,6-9H,3,5H2,1H3/t6-,7-,8?,9+/m1/s1. The van der Waals surface area contributed by atoms with Crippen molar-refractivity contribution in [2.45, 2.75) is 38.0 Å². The molecule has 4 rings (SSSR count). The maximum absolute atomic E-state index is 11.5. The summed E-state index contributed by atoms with van der Waals surface area (Å²) < 4.78 is 5.24. The van der Waals surface area contributed by atoms with Crippen molar-refractivity contribution >= 4 is 6.09 Å². The molecule has 3 heteroatoms. The van der Waals surface area contributed by atoms with Gasteiger partial charge in [0, 0.05) is 5.92 Å². The molecule has 0 N–H and O–H groups in total. The second kappa shape index (κ2) is 2.28. The monoisotopic (exact) mass is 179 g/mol. The lowest BCUT2D eigenvalue weighted by molar-refractivity contribution is 0.115. The third-order valence-corrected chi connectivity index (χ3v) is 3.47. The molecular weight excluding hydrogens is 166 g/mol. The van der Waals surface area contributed by atoms with Crippen molar-refractivity contribution in [3.63, 3.8) is 0 Å². The van der Waals surface area contributed by atoms with Gasteiger partial charge in [0.1, 0.15) is 6.10 Å². The maximum Gasteiger partial charge on any atom is 0.411 e. The summed E-state index contributed by atoms with van der Waals surface area (Å²) in [6, 6.07) is 0.628. The highest BCUT2D eigenvalue weighted by Crippen LogP contribution is 2.40. The van der Waals surface area contributed by atoms with Gasteiger partial charge in [0.2, 0.25) is 0 Å².